The number of hydrogen-bond donors (Lipinski definition) is 1. The fraction of sp³-hybridized carbons (Fsp3) is 0.846. The van der Waals surface area contributed by atoms with E-state index in [-0.39, 0.29) is 12.1 Å². The summed E-state index contributed by atoms with van der Waals surface area (Å²) in [6.45, 7) is 9.06. The van der Waals surface area contributed by atoms with Crippen LogP contribution >= 0.6 is 11.3 Å². The first-order chi connectivity index (χ1) is 9.65. The number of aromatic nitrogens is 2. The van der Waals surface area contributed by atoms with Crippen molar-refractivity contribution in [3.63, 3.8) is 0 Å². The number of aliphatic hydroxyl groups is 1. The lowest BCUT2D eigenvalue weighted by Gasteiger charge is -2.33. The second kappa shape index (κ2) is 5.93. The van der Waals surface area contributed by atoms with Crippen molar-refractivity contribution in [2.75, 3.05) is 44.3 Å². The maximum Gasteiger partial charge on any atom is 0.208 e. The van der Waals surface area contributed by atoms with E-state index in [4.69, 9.17) is 4.74 Å². The Kier molecular flexibility index (Phi) is 4.21. The molecule has 0 saturated carbocycles. The highest BCUT2D eigenvalue weighted by Crippen LogP contribution is 2.29. The van der Waals surface area contributed by atoms with Gasteiger partial charge in [0.25, 0.3) is 0 Å². The molecule has 6 nitrogen and oxygen atoms in total. The van der Waals surface area contributed by atoms with Crippen LogP contribution in [0.5, 0.6) is 0 Å². The Morgan fingerprint density at radius 3 is 2.65 bits per heavy atom. The van der Waals surface area contributed by atoms with Crippen LogP contribution in [0.3, 0.4) is 0 Å². The molecule has 20 heavy (non-hydrogen) atoms. The summed E-state index contributed by atoms with van der Waals surface area (Å²) in [5, 5.41) is 20.8. The molecule has 0 aliphatic carbocycles. The third-order valence-electron chi connectivity index (χ3n) is 3.97. The fourth-order valence-electron chi connectivity index (χ4n) is 2.78. The summed E-state index contributed by atoms with van der Waals surface area (Å²) in [6.07, 6.45) is -0.320. The first-order valence-electron chi connectivity index (χ1n) is 7.23. The van der Waals surface area contributed by atoms with Gasteiger partial charge < -0.3 is 14.7 Å². The molecule has 0 radical (unpaired) electrons. The third kappa shape index (κ3) is 2.81. The van der Waals surface area contributed by atoms with Crippen LogP contribution in [0.4, 0.5) is 5.13 Å². The van der Waals surface area contributed by atoms with E-state index in [0.29, 0.717) is 12.5 Å². The van der Waals surface area contributed by atoms with E-state index in [1.165, 1.54) is 0 Å². The van der Waals surface area contributed by atoms with Gasteiger partial charge >= 0.3 is 0 Å². The second-order valence-electron chi connectivity index (χ2n) is 5.77. The quantitative estimate of drug-likeness (QED) is 0.879. The van der Waals surface area contributed by atoms with Gasteiger partial charge in [-0.05, 0) is 0 Å². The van der Waals surface area contributed by atoms with Crippen molar-refractivity contribution < 1.29 is 9.84 Å². The highest BCUT2D eigenvalue weighted by atomic mass is 32.1. The van der Waals surface area contributed by atoms with Crippen LogP contribution in [0.2, 0.25) is 0 Å². The summed E-state index contributed by atoms with van der Waals surface area (Å²) in [5.41, 5.74) is 0. The van der Waals surface area contributed by atoms with E-state index in [0.717, 1.165) is 43.0 Å². The van der Waals surface area contributed by atoms with E-state index < -0.39 is 0 Å². The smallest absolute Gasteiger partial charge is 0.208 e. The average molecular weight is 298 g/mol. The number of β-amino-alcohol motifs (C(OH)–C–C–N with tert-alkyl or cyclic N) is 1. The van der Waals surface area contributed by atoms with E-state index in [1.807, 2.05) is 0 Å². The normalized spacial score (nSPS) is 28.5. The summed E-state index contributed by atoms with van der Waals surface area (Å²) < 4.78 is 5.38. The largest absolute Gasteiger partial charge is 0.390 e. The number of morpholine rings is 1. The van der Waals surface area contributed by atoms with Gasteiger partial charge in [0.15, 0.2) is 0 Å². The van der Waals surface area contributed by atoms with Crippen LogP contribution < -0.4 is 4.90 Å². The Balaban J connectivity index is 1.67. The summed E-state index contributed by atoms with van der Waals surface area (Å²) in [7, 11) is 0. The lowest BCUT2D eigenvalue weighted by molar-refractivity contribution is -0.00588. The molecule has 3 heterocycles. The first-order valence-corrected chi connectivity index (χ1v) is 8.05. The highest BCUT2D eigenvalue weighted by Gasteiger charge is 2.37. The fourth-order valence-corrected chi connectivity index (χ4v) is 3.65. The van der Waals surface area contributed by atoms with Gasteiger partial charge in [-0.25, -0.2) is 0 Å². The van der Waals surface area contributed by atoms with E-state index >= 15 is 0 Å². The first kappa shape index (κ1) is 14.2. The van der Waals surface area contributed by atoms with Crippen LogP contribution in [-0.2, 0) is 4.74 Å². The van der Waals surface area contributed by atoms with E-state index in [1.54, 1.807) is 11.3 Å². The zero-order valence-electron chi connectivity index (χ0n) is 12.0. The molecule has 0 amide bonds. The van der Waals surface area contributed by atoms with Gasteiger partial charge in [0.1, 0.15) is 5.01 Å². The number of aliphatic hydroxyl groups excluding tert-OH is 1. The second-order valence-corrected chi connectivity index (χ2v) is 6.75. The maximum atomic E-state index is 10.3. The van der Waals surface area contributed by atoms with Crippen molar-refractivity contribution in [2.24, 2.45) is 0 Å². The molecule has 1 N–H and O–H groups in total. The van der Waals surface area contributed by atoms with Crippen molar-refractivity contribution in [3.05, 3.63) is 5.01 Å². The molecule has 7 heteroatoms. The standard InChI is InChI=1S/C13H22N4O2S/c1-9(2)12-14-15-13(20-12)17-7-10(11(18)8-17)16-3-5-19-6-4-16/h9-11,18H,3-8H2,1-2H3/t10-,11-/m0/s1. The van der Waals surface area contributed by atoms with Crippen molar-refractivity contribution in [1.29, 1.82) is 0 Å². The molecule has 0 bridgehead atoms. The summed E-state index contributed by atoms with van der Waals surface area (Å²) in [5.74, 6) is 0.406. The summed E-state index contributed by atoms with van der Waals surface area (Å²) in [4.78, 5) is 4.49. The summed E-state index contributed by atoms with van der Waals surface area (Å²) in [6, 6.07) is 0.185. The van der Waals surface area contributed by atoms with E-state index in [2.05, 4.69) is 33.8 Å². The minimum atomic E-state index is -0.320. The SMILES string of the molecule is CC(C)c1nnc(N2C[C@H](O)[C@@H](N3CCOCC3)C2)s1. The molecule has 2 aliphatic heterocycles. The Bertz CT molecular complexity index is 447. The Hall–Kier alpha value is -0.760. The molecule has 112 valence electrons. The molecule has 2 aliphatic rings. The van der Waals surface area contributed by atoms with Crippen LogP contribution in [0.25, 0.3) is 0 Å². The van der Waals surface area contributed by atoms with Gasteiger partial charge in [-0.15, -0.1) is 10.2 Å². The minimum absolute atomic E-state index is 0.185. The van der Waals surface area contributed by atoms with Crippen LogP contribution in [-0.4, -0.2) is 71.7 Å². The molecule has 1 aromatic heterocycles. The molecule has 0 spiro atoms. The molecule has 1 aromatic rings. The molecule has 2 fully saturated rings. The number of rotatable bonds is 3. The van der Waals surface area contributed by atoms with Crippen LogP contribution in [0.1, 0.15) is 24.8 Å². The van der Waals surface area contributed by atoms with Gasteiger partial charge in [0.05, 0.1) is 25.4 Å². The molecule has 2 atom stereocenters. The van der Waals surface area contributed by atoms with E-state index in [9.17, 15) is 5.11 Å². The zero-order valence-corrected chi connectivity index (χ0v) is 12.8. The topological polar surface area (TPSA) is 61.7 Å². The van der Waals surface area contributed by atoms with Gasteiger partial charge in [0, 0.05) is 32.1 Å². The lowest BCUT2D eigenvalue weighted by atomic mass is 10.2. The summed E-state index contributed by atoms with van der Waals surface area (Å²) >= 11 is 1.64. The van der Waals surface area contributed by atoms with Crippen LogP contribution in [0.15, 0.2) is 0 Å². The highest BCUT2D eigenvalue weighted by molar-refractivity contribution is 7.15. The molecule has 0 unspecified atom stereocenters. The zero-order chi connectivity index (χ0) is 14.1. The number of ether oxygens (including phenoxy) is 1. The van der Waals surface area contributed by atoms with Crippen LogP contribution in [0, 0.1) is 0 Å². The number of nitrogens with zero attached hydrogens (tertiary/aromatic N) is 4. The predicted octanol–water partition coefficient (Wildman–Crippen LogP) is 0.543. The predicted molar refractivity (Wildman–Crippen MR) is 78.4 cm³/mol. The Labute approximate surface area is 123 Å². The maximum absolute atomic E-state index is 10.3. The minimum Gasteiger partial charge on any atom is -0.390 e. The van der Waals surface area contributed by atoms with Crippen molar-refractivity contribution in [2.45, 2.75) is 31.9 Å². The molecule has 2 saturated heterocycles. The van der Waals surface area contributed by atoms with Gasteiger partial charge in [-0.2, -0.15) is 0 Å². The van der Waals surface area contributed by atoms with Crippen molar-refractivity contribution in [3.8, 4) is 0 Å². The molecule has 0 aromatic carbocycles. The molecular weight excluding hydrogens is 276 g/mol. The lowest BCUT2D eigenvalue weighted by Crippen LogP contribution is -2.48. The molecular formula is C13H22N4O2S. The molecule has 3 rings (SSSR count). The van der Waals surface area contributed by atoms with Gasteiger partial charge in [-0.1, -0.05) is 25.2 Å². The average Bonchev–Trinajstić information content (AvgIpc) is 3.06. The monoisotopic (exact) mass is 298 g/mol. The van der Waals surface area contributed by atoms with Gasteiger partial charge in [0.2, 0.25) is 5.13 Å². The van der Waals surface area contributed by atoms with Crippen molar-refractivity contribution in [1.82, 2.24) is 15.1 Å². The van der Waals surface area contributed by atoms with Gasteiger partial charge in [-0.3, -0.25) is 4.90 Å². The Morgan fingerprint density at radius 2 is 2.00 bits per heavy atom. The number of anilines is 1. The number of hydrogen-bond acceptors (Lipinski definition) is 7. The third-order valence-corrected chi connectivity index (χ3v) is 5.25. The van der Waals surface area contributed by atoms with Crippen molar-refractivity contribution >= 4 is 16.5 Å². The Morgan fingerprint density at radius 1 is 1.25 bits per heavy atom.